The largest absolute Gasteiger partial charge is 0.413 e. The van der Waals surface area contributed by atoms with Crippen molar-refractivity contribution < 1.29 is 26.9 Å². The number of nitrogens with one attached hydrogen (secondary N) is 2. The fourth-order valence-electron chi connectivity index (χ4n) is 3.15. The van der Waals surface area contributed by atoms with E-state index in [1.54, 1.807) is 0 Å². The van der Waals surface area contributed by atoms with Gasteiger partial charge in [0.25, 0.3) is 5.91 Å². The minimum atomic E-state index is -4.54. The topological polar surface area (TPSA) is 120 Å². The number of fused-ring (bicyclic) bond motifs is 2. The van der Waals surface area contributed by atoms with E-state index in [2.05, 4.69) is 15.1 Å². The molecule has 3 aliphatic rings. The van der Waals surface area contributed by atoms with Gasteiger partial charge in [0.15, 0.2) is 0 Å². The third kappa shape index (κ3) is 3.74. The Hall–Kier alpha value is -0.820. The van der Waals surface area contributed by atoms with Gasteiger partial charge in [-0.3, -0.25) is 19.1 Å². The van der Waals surface area contributed by atoms with Crippen LogP contribution in [0.1, 0.15) is 19.3 Å². The molecule has 0 aromatic rings. The number of amides is 1. The molecule has 3 saturated heterocycles. The second kappa shape index (κ2) is 6.35. The van der Waals surface area contributed by atoms with Crippen LogP contribution >= 0.6 is 0 Å². The van der Waals surface area contributed by atoms with Crippen LogP contribution in [0.15, 0.2) is 0 Å². The van der Waals surface area contributed by atoms with Crippen molar-refractivity contribution >= 4 is 16.3 Å². The summed E-state index contributed by atoms with van der Waals surface area (Å²) in [6, 6.07) is -0.536. The molecule has 126 valence electrons. The minimum Gasteiger partial charge on any atom is -0.314 e. The maximum absolute atomic E-state index is 12.2. The first-order valence-electron chi connectivity index (χ1n) is 7.26. The lowest BCUT2D eigenvalue weighted by Crippen LogP contribution is -2.49. The Labute approximate surface area is 128 Å². The predicted octanol–water partition coefficient (Wildman–Crippen LogP) is -1.76. The third-order valence-electron chi connectivity index (χ3n) is 4.22. The monoisotopic (exact) mass is 336 g/mol. The molecule has 11 heteroatoms. The quantitative estimate of drug-likeness (QED) is 0.396. The molecule has 0 spiro atoms. The van der Waals surface area contributed by atoms with E-state index in [0.29, 0.717) is 25.9 Å². The number of nitrogens with zero attached hydrogens (tertiary/aromatic N) is 2. The van der Waals surface area contributed by atoms with Crippen LogP contribution in [0.25, 0.3) is 0 Å². The molecule has 0 aromatic carbocycles. The Balaban J connectivity index is 1.52. The third-order valence-corrected chi connectivity index (χ3v) is 4.60. The van der Waals surface area contributed by atoms with E-state index in [9.17, 15) is 13.2 Å². The SMILES string of the molecule is O=C(NO[C@H]1CCNC1)C1CCC2CN1CN2OS(=O)(=O)O. The van der Waals surface area contributed by atoms with Crippen molar-refractivity contribution in [2.45, 2.75) is 37.5 Å². The number of hydroxylamine groups is 3. The summed E-state index contributed by atoms with van der Waals surface area (Å²) in [6.07, 6.45) is 2.02. The summed E-state index contributed by atoms with van der Waals surface area (Å²) in [5.74, 6) is -0.237. The Morgan fingerprint density at radius 3 is 2.82 bits per heavy atom. The van der Waals surface area contributed by atoms with Crippen LogP contribution in [0.5, 0.6) is 0 Å². The summed E-state index contributed by atoms with van der Waals surface area (Å²) < 4.78 is 34.9. The zero-order valence-corrected chi connectivity index (χ0v) is 12.8. The lowest BCUT2D eigenvalue weighted by Gasteiger charge is -2.29. The second-order valence-corrected chi connectivity index (χ2v) is 6.78. The predicted molar refractivity (Wildman–Crippen MR) is 73.4 cm³/mol. The van der Waals surface area contributed by atoms with Gasteiger partial charge in [0.05, 0.1) is 24.9 Å². The van der Waals surface area contributed by atoms with Crippen LogP contribution in [0.2, 0.25) is 0 Å². The van der Waals surface area contributed by atoms with Crippen LogP contribution < -0.4 is 10.8 Å². The first kappa shape index (κ1) is 16.1. The first-order valence-corrected chi connectivity index (χ1v) is 8.63. The summed E-state index contributed by atoms with van der Waals surface area (Å²) >= 11 is 0. The minimum absolute atomic E-state index is 0.0155. The average Bonchev–Trinajstić information content (AvgIpc) is 3.04. The Morgan fingerprint density at radius 2 is 2.14 bits per heavy atom. The highest BCUT2D eigenvalue weighted by Crippen LogP contribution is 2.28. The van der Waals surface area contributed by atoms with Crippen molar-refractivity contribution in [3.05, 3.63) is 0 Å². The van der Waals surface area contributed by atoms with Gasteiger partial charge in [-0.15, -0.1) is 0 Å². The van der Waals surface area contributed by atoms with Gasteiger partial charge >= 0.3 is 10.4 Å². The van der Waals surface area contributed by atoms with Crippen LogP contribution in [-0.2, 0) is 24.3 Å². The molecule has 4 atom stereocenters. The molecule has 22 heavy (non-hydrogen) atoms. The van der Waals surface area contributed by atoms with E-state index in [1.165, 1.54) is 5.06 Å². The molecular formula is C11H20N4O6S. The summed E-state index contributed by atoms with van der Waals surface area (Å²) in [7, 11) is -4.54. The zero-order chi connectivity index (χ0) is 15.7. The van der Waals surface area contributed by atoms with Crippen molar-refractivity contribution in [3.63, 3.8) is 0 Å². The molecule has 0 aromatic heterocycles. The fourth-order valence-corrected chi connectivity index (χ4v) is 3.56. The molecule has 3 unspecified atom stereocenters. The Kier molecular flexibility index (Phi) is 4.64. The molecule has 3 heterocycles. The summed E-state index contributed by atoms with van der Waals surface area (Å²) in [5, 5.41) is 4.34. The molecule has 2 bridgehead atoms. The molecule has 1 amide bonds. The van der Waals surface area contributed by atoms with Crippen LogP contribution in [0.3, 0.4) is 0 Å². The van der Waals surface area contributed by atoms with Crippen molar-refractivity contribution in [3.8, 4) is 0 Å². The molecular weight excluding hydrogens is 316 g/mol. The van der Waals surface area contributed by atoms with Gasteiger partial charge in [0.2, 0.25) is 0 Å². The molecule has 3 fully saturated rings. The molecule has 0 aliphatic carbocycles. The fraction of sp³-hybridized carbons (Fsp3) is 0.909. The number of carbonyl (C=O) groups is 1. The molecule has 3 N–H and O–H groups in total. The van der Waals surface area contributed by atoms with Crippen molar-refractivity contribution in [1.82, 2.24) is 20.8 Å². The van der Waals surface area contributed by atoms with Crippen LogP contribution in [0.4, 0.5) is 0 Å². The van der Waals surface area contributed by atoms with Gasteiger partial charge < -0.3 is 5.32 Å². The second-order valence-electron chi connectivity index (χ2n) is 5.78. The molecule has 3 rings (SSSR count). The Bertz CT molecular complexity index is 523. The van der Waals surface area contributed by atoms with Crippen molar-refractivity contribution in [2.24, 2.45) is 0 Å². The average molecular weight is 336 g/mol. The Morgan fingerprint density at radius 1 is 1.32 bits per heavy atom. The van der Waals surface area contributed by atoms with Gasteiger partial charge in [0.1, 0.15) is 0 Å². The van der Waals surface area contributed by atoms with Gasteiger partial charge in [0, 0.05) is 13.1 Å². The molecule has 0 saturated carbocycles. The van der Waals surface area contributed by atoms with Crippen LogP contribution in [-0.4, -0.2) is 73.3 Å². The lowest BCUT2D eigenvalue weighted by atomic mass is 10.0. The molecule has 0 radical (unpaired) electrons. The number of hydrogen-bond acceptors (Lipinski definition) is 8. The van der Waals surface area contributed by atoms with E-state index in [1.807, 2.05) is 4.90 Å². The van der Waals surface area contributed by atoms with Crippen molar-refractivity contribution in [1.29, 1.82) is 0 Å². The van der Waals surface area contributed by atoms with E-state index in [4.69, 9.17) is 9.39 Å². The normalized spacial score (nSPS) is 35.7. The maximum atomic E-state index is 12.2. The van der Waals surface area contributed by atoms with Gasteiger partial charge in [-0.1, -0.05) is 0 Å². The van der Waals surface area contributed by atoms with E-state index >= 15 is 0 Å². The number of carbonyl (C=O) groups excluding carboxylic acids is 1. The van der Waals surface area contributed by atoms with Crippen molar-refractivity contribution in [2.75, 3.05) is 26.3 Å². The first-order chi connectivity index (χ1) is 10.4. The highest BCUT2D eigenvalue weighted by Gasteiger charge is 2.44. The smallest absolute Gasteiger partial charge is 0.314 e. The standard InChI is InChI=1S/C11H20N4O6S/c16-11(13-20-9-3-4-12-5-9)10-2-1-8-6-14(10)7-15(8)21-22(17,18)19/h8-10,12H,1-7H2,(H,13,16)(H,17,18,19)/t8?,9-,10?/m0/s1. The van der Waals surface area contributed by atoms with Gasteiger partial charge in [-0.05, 0) is 25.8 Å². The summed E-state index contributed by atoms with van der Waals surface area (Å²) in [4.78, 5) is 19.4. The van der Waals surface area contributed by atoms with Gasteiger partial charge in [-0.2, -0.15) is 17.8 Å². The number of piperidine rings is 1. The number of hydrogen-bond donors (Lipinski definition) is 3. The number of rotatable bonds is 5. The molecule has 3 aliphatic heterocycles. The maximum Gasteiger partial charge on any atom is 0.413 e. The highest BCUT2D eigenvalue weighted by molar-refractivity contribution is 7.80. The summed E-state index contributed by atoms with van der Waals surface area (Å²) in [6.45, 7) is 2.25. The van der Waals surface area contributed by atoms with E-state index < -0.39 is 10.4 Å². The highest BCUT2D eigenvalue weighted by atomic mass is 32.3. The van der Waals surface area contributed by atoms with Gasteiger partial charge in [-0.25, -0.2) is 5.48 Å². The van der Waals surface area contributed by atoms with E-state index in [0.717, 1.165) is 13.0 Å². The van der Waals surface area contributed by atoms with E-state index in [-0.39, 0.29) is 30.8 Å². The molecule has 10 nitrogen and oxygen atoms in total. The lowest BCUT2D eigenvalue weighted by molar-refractivity contribution is -0.144. The van der Waals surface area contributed by atoms with Crippen LogP contribution in [0, 0.1) is 0 Å². The zero-order valence-electron chi connectivity index (χ0n) is 12.0. The summed E-state index contributed by atoms with van der Waals surface area (Å²) in [5.41, 5.74) is 2.49.